The van der Waals surface area contributed by atoms with Gasteiger partial charge in [0, 0.05) is 34.0 Å². The molecule has 0 saturated heterocycles. The van der Waals surface area contributed by atoms with E-state index in [2.05, 4.69) is 63.6 Å². The first-order valence-corrected chi connectivity index (χ1v) is 12.0. The van der Waals surface area contributed by atoms with Crippen LogP contribution in [0, 0.1) is 6.92 Å². The summed E-state index contributed by atoms with van der Waals surface area (Å²) in [5, 5.41) is 15.0. The number of carbonyl (C=O) groups excluding carboxylic acids is 1. The minimum Gasteiger partial charge on any atom is -0.353 e. The smallest absolute Gasteiger partial charge is 0.230 e. The van der Waals surface area contributed by atoms with Gasteiger partial charge in [0.2, 0.25) is 5.91 Å². The van der Waals surface area contributed by atoms with Crippen LogP contribution in [0.3, 0.4) is 0 Å². The van der Waals surface area contributed by atoms with E-state index in [1.807, 2.05) is 6.07 Å². The maximum absolute atomic E-state index is 12.3. The first kappa shape index (κ1) is 20.2. The lowest BCUT2D eigenvalue weighted by molar-refractivity contribution is -0.119. The highest BCUT2D eigenvalue weighted by Crippen LogP contribution is 2.39. The van der Waals surface area contributed by atoms with Gasteiger partial charge in [-0.05, 0) is 32.3 Å². The van der Waals surface area contributed by atoms with E-state index in [9.17, 15) is 4.79 Å². The molecule has 3 aromatic rings. The highest BCUT2D eigenvalue weighted by Gasteiger charge is 2.21. The molecule has 0 bridgehead atoms. The highest BCUT2D eigenvalue weighted by atomic mass is 32.2. The Hall–Kier alpha value is -2.12. The fraction of sp³-hybridized carbons (Fsp3) is 0.409. The predicted molar refractivity (Wildman–Crippen MR) is 120 cm³/mol. The number of carbonyl (C=O) groups is 1. The third-order valence-corrected chi connectivity index (χ3v) is 7.24. The zero-order valence-corrected chi connectivity index (χ0v) is 18.5. The number of thioether (sulfide) groups is 1. The molecule has 152 valence electrons. The summed E-state index contributed by atoms with van der Waals surface area (Å²) in [4.78, 5) is 13.6. The second kappa shape index (κ2) is 9.13. The normalized spacial score (nSPS) is 14.4. The number of nitrogens with one attached hydrogen (secondary N) is 1. The maximum Gasteiger partial charge on any atom is 0.230 e. The molecule has 0 aliphatic heterocycles. The summed E-state index contributed by atoms with van der Waals surface area (Å²) < 4.78 is 2.11. The number of thiophene rings is 1. The summed E-state index contributed by atoms with van der Waals surface area (Å²) in [5.41, 5.74) is 3.51. The standard InChI is InChI=1S/C22H26N4OS2/c1-3-26-21(18-13-28-15(2)20(18)16-9-5-4-6-10-16)24-25-22(26)29-14-19(27)23-17-11-7-8-12-17/h4-6,9-10,13,17H,3,7-8,11-12,14H2,1-2H3,(H,23,27). The molecule has 7 heteroatoms. The summed E-state index contributed by atoms with van der Waals surface area (Å²) in [5.74, 6) is 1.34. The number of hydrogen-bond donors (Lipinski definition) is 1. The van der Waals surface area contributed by atoms with Crippen molar-refractivity contribution in [3.05, 3.63) is 40.6 Å². The molecule has 0 radical (unpaired) electrons. The molecule has 0 spiro atoms. The van der Waals surface area contributed by atoms with Gasteiger partial charge in [0.15, 0.2) is 11.0 Å². The molecule has 2 heterocycles. The molecule has 0 atom stereocenters. The molecule has 1 fully saturated rings. The van der Waals surface area contributed by atoms with Crippen molar-refractivity contribution in [1.82, 2.24) is 20.1 Å². The van der Waals surface area contributed by atoms with Crippen molar-refractivity contribution in [2.75, 3.05) is 5.75 Å². The van der Waals surface area contributed by atoms with Crippen molar-refractivity contribution in [1.29, 1.82) is 0 Å². The third-order valence-electron chi connectivity index (χ3n) is 5.36. The minimum absolute atomic E-state index is 0.0884. The number of benzene rings is 1. The summed E-state index contributed by atoms with van der Waals surface area (Å²) in [7, 11) is 0. The molecule has 5 nitrogen and oxygen atoms in total. The minimum atomic E-state index is 0.0884. The van der Waals surface area contributed by atoms with Gasteiger partial charge in [-0.15, -0.1) is 21.5 Å². The Morgan fingerprint density at radius 2 is 2.00 bits per heavy atom. The van der Waals surface area contributed by atoms with E-state index in [1.54, 1.807) is 11.3 Å². The van der Waals surface area contributed by atoms with Crippen LogP contribution in [-0.4, -0.2) is 32.5 Å². The SMILES string of the molecule is CCn1c(SCC(=O)NC2CCCC2)nnc1-c1csc(C)c1-c1ccccc1. The van der Waals surface area contributed by atoms with E-state index < -0.39 is 0 Å². The van der Waals surface area contributed by atoms with Crippen LogP contribution < -0.4 is 5.32 Å². The second-order valence-electron chi connectivity index (χ2n) is 7.33. The number of amides is 1. The number of nitrogens with zero attached hydrogens (tertiary/aromatic N) is 3. The van der Waals surface area contributed by atoms with E-state index in [-0.39, 0.29) is 5.91 Å². The number of hydrogen-bond acceptors (Lipinski definition) is 5. The Morgan fingerprint density at radius 1 is 1.24 bits per heavy atom. The number of rotatable bonds is 7. The fourth-order valence-electron chi connectivity index (χ4n) is 3.93. The molecule has 1 aliphatic carbocycles. The molecule has 1 aliphatic rings. The van der Waals surface area contributed by atoms with E-state index in [0.717, 1.165) is 35.9 Å². The largest absolute Gasteiger partial charge is 0.353 e. The van der Waals surface area contributed by atoms with Gasteiger partial charge in [-0.1, -0.05) is 54.9 Å². The van der Waals surface area contributed by atoms with Crippen LogP contribution in [0.1, 0.15) is 37.5 Å². The molecule has 1 amide bonds. The lowest BCUT2D eigenvalue weighted by Gasteiger charge is -2.12. The van der Waals surface area contributed by atoms with E-state index in [4.69, 9.17) is 0 Å². The Labute approximate surface area is 179 Å². The predicted octanol–water partition coefficient (Wildman–Crippen LogP) is 5.15. The number of aromatic nitrogens is 3. The Balaban J connectivity index is 1.55. The summed E-state index contributed by atoms with van der Waals surface area (Å²) in [6.45, 7) is 5.00. The molecule has 29 heavy (non-hydrogen) atoms. The van der Waals surface area contributed by atoms with Crippen molar-refractivity contribution in [3.63, 3.8) is 0 Å². The van der Waals surface area contributed by atoms with Crippen LogP contribution >= 0.6 is 23.1 Å². The highest BCUT2D eigenvalue weighted by molar-refractivity contribution is 7.99. The molecular formula is C22H26N4OS2. The quantitative estimate of drug-likeness (QED) is 0.531. The molecule has 2 aromatic heterocycles. The topological polar surface area (TPSA) is 59.8 Å². The molecule has 4 rings (SSSR count). The van der Waals surface area contributed by atoms with Crippen LogP contribution in [-0.2, 0) is 11.3 Å². The van der Waals surface area contributed by atoms with Crippen LogP contribution in [0.2, 0.25) is 0 Å². The zero-order valence-electron chi connectivity index (χ0n) is 16.9. The van der Waals surface area contributed by atoms with Crippen molar-refractivity contribution >= 4 is 29.0 Å². The lowest BCUT2D eigenvalue weighted by atomic mass is 10.0. The van der Waals surface area contributed by atoms with E-state index >= 15 is 0 Å². The van der Waals surface area contributed by atoms with Gasteiger partial charge in [-0.3, -0.25) is 4.79 Å². The fourth-order valence-corrected chi connectivity index (χ4v) is 5.61. The van der Waals surface area contributed by atoms with Crippen molar-refractivity contribution < 1.29 is 4.79 Å². The second-order valence-corrected chi connectivity index (χ2v) is 9.36. The van der Waals surface area contributed by atoms with Crippen LogP contribution in [0.25, 0.3) is 22.5 Å². The van der Waals surface area contributed by atoms with Crippen molar-refractivity contribution in [2.24, 2.45) is 0 Å². The van der Waals surface area contributed by atoms with Crippen LogP contribution in [0.5, 0.6) is 0 Å². The van der Waals surface area contributed by atoms with Gasteiger partial charge in [-0.2, -0.15) is 0 Å². The lowest BCUT2D eigenvalue weighted by Crippen LogP contribution is -2.33. The Morgan fingerprint density at radius 3 is 2.72 bits per heavy atom. The number of aryl methyl sites for hydroxylation is 1. The van der Waals surface area contributed by atoms with Crippen LogP contribution in [0.4, 0.5) is 0 Å². The molecule has 1 saturated carbocycles. The molecule has 1 N–H and O–H groups in total. The molecule has 1 aromatic carbocycles. The molecule has 0 unspecified atom stereocenters. The Kier molecular flexibility index (Phi) is 6.35. The van der Waals surface area contributed by atoms with Gasteiger partial charge in [-0.25, -0.2) is 0 Å². The van der Waals surface area contributed by atoms with E-state index in [1.165, 1.54) is 40.6 Å². The van der Waals surface area contributed by atoms with Crippen LogP contribution in [0.15, 0.2) is 40.9 Å². The molecular weight excluding hydrogens is 400 g/mol. The van der Waals surface area contributed by atoms with Gasteiger partial charge >= 0.3 is 0 Å². The Bertz CT molecular complexity index is 974. The van der Waals surface area contributed by atoms with Crippen molar-refractivity contribution in [3.8, 4) is 22.5 Å². The van der Waals surface area contributed by atoms with Gasteiger partial charge in [0.25, 0.3) is 0 Å². The zero-order chi connectivity index (χ0) is 20.2. The average molecular weight is 427 g/mol. The first-order chi connectivity index (χ1) is 14.2. The summed E-state index contributed by atoms with van der Waals surface area (Å²) in [6, 6.07) is 10.8. The van der Waals surface area contributed by atoms with Gasteiger partial charge in [0.1, 0.15) is 0 Å². The van der Waals surface area contributed by atoms with Gasteiger partial charge in [0.05, 0.1) is 5.75 Å². The first-order valence-electron chi connectivity index (χ1n) is 10.2. The average Bonchev–Trinajstić information content (AvgIpc) is 3.46. The maximum atomic E-state index is 12.3. The monoisotopic (exact) mass is 426 g/mol. The summed E-state index contributed by atoms with van der Waals surface area (Å²) >= 11 is 3.20. The van der Waals surface area contributed by atoms with E-state index in [0.29, 0.717) is 11.8 Å². The third kappa shape index (κ3) is 4.41. The summed E-state index contributed by atoms with van der Waals surface area (Å²) in [6.07, 6.45) is 4.64. The van der Waals surface area contributed by atoms with Crippen molar-refractivity contribution in [2.45, 2.75) is 57.3 Å². The van der Waals surface area contributed by atoms with Gasteiger partial charge < -0.3 is 9.88 Å².